The van der Waals surface area contributed by atoms with Crippen LogP contribution in [0.4, 0.5) is 0 Å². The summed E-state index contributed by atoms with van der Waals surface area (Å²) >= 11 is 2.10. The van der Waals surface area contributed by atoms with E-state index >= 15 is 0 Å². The van der Waals surface area contributed by atoms with E-state index in [-0.39, 0.29) is 0 Å². The molecule has 2 rings (SSSR count). The van der Waals surface area contributed by atoms with Crippen molar-refractivity contribution in [2.24, 2.45) is 0 Å². The molecular weight excluding hydrogens is 118 g/mol. The molecular formula is C6H11NS. The average molecular weight is 129 g/mol. The van der Waals surface area contributed by atoms with Gasteiger partial charge in [-0.15, -0.1) is 11.8 Å². The topological polar surface area (TPSA) is 3.01 Å². The van der Waals surface area contributed by atoms with Gasteiger partial charge in [0.15, 0.2) is 0 Å². The smallest absolute Gasteiger partial charge is 0.0744 e. The molecule has 0 aliphatic carbocycles. The van der Waals surface area contributed by atoms with E-state index in [9.17, 15) is 0 Å². The summed E-state index contributed by atoms with van der Waals surface area (Å²) in [5, 5.41) is 0.877. The molecule has 0 saturated carbocycles. The van der Waals surface area contributed by atoms with Gasteiger partial charge in [0.05, 0.1) is 5.37 Å². The first kappa shape index (κ1) is 5.12. The quantitative estimate of drug-likeness (QED) is 0.451. The molecule has 2 heteroatoms. The summed E-state index contributed by atoms with van der Waals surface area (Å²) in [5.41, 5.74) is 0.558. The Labute approximate surface area is 54.4 Å². The summed E-state index contributed by atoms with van der Waals surface area (Å²) < 4.78 is 0. The molecule has 2 aliphatic heterocycles. The van der Waals surface area contributed by atoms with Crippen molar-refractivity contribution in [3.05, 3.63) is 0 Å². The van der Waals surface area contributed by atoms with Gasteiger partial charge in [0.25, 0.3) is 0 Å². The maximum absolute atomic E-state index is 2.55. The minimum absolute atomic E-state index is 0.558. The monoisotopic (exact) mass is 129 g/mol. The number of nitrogens with zero attached hydrogens (tertiary/aromatic N) is 1. The lowest BCUT2D eigenvalue weighted by molar-refractivity contribution is 0.476. The van der Waals surface area contributed by atoms with Gasteiger partial charge in [0.1, 0.15) is 0 Å². The largest absolute Gasteiger partial charge is 0.281 e. The third-order valence-electron chi connectivity index (χ3n) is 2.17. The number of hydrogen-bond acceptors (Lipinski definition) is 2. The fourth-order valence-corrected chi connectivity index (χ4v) is 3.05. The maximum Gasteiger partial charge on any atom is 0.0744 e. The SMILES string of the molecule is CC1(C)C2SCCN21. The van der Waals surface area contributed by atoms with Crippen LogP contribution in [0.25, 0.3) is 0 Å². The molecule has 46 valence electrons. The van der Waals surface area contributed by atoms with E-state index in [0.717, 1.165) is 5.37 Å². The zero-order chi connectivity index (χ0) is 5.78. The van der Waals surface area contributed by atoms with Crippen LogP contribution in [0.15, 0.2) is 0 Å². The van der Waals surface area contributed by atoms with Crippen LogP contribution in [-0.4, -0.2) is 28.1 Å². The van der Waals surface area contributed by atoms with Gasteiger partial charge in [-0.05, 0) is 13.8 Å². The molecule has 2 unspecified atom stereocenters. The zero-order valence-corrected chi connectivity index (χ0v) is 6.16. The molecule has 2 fully saturated rings. The molecule has 0 aromatic carbocycles. The van der Waals surface area contributed by atoms with Gasteiger partial charge in [-0.2, -0.15) is 0 Å². The summed E-state index contributed by atoms with van der Waals surface area (Å²) in [6, 6.07) is 0. The van der Waals surface area contributed by atoms with Crippen LogP contribution < -0.4 is 0 Å². The maximum atomic E-state index is 2.55. The lowest BCUT2D eigenvalue weighted by Gasteiger charge is -2.03. The van der Waals surface area contributed by atoms with Crippen LogP contribution in [0.1, 0.15) is 13.8 Å². The van der Waals surface area contributed by atoms with Gasteiger partial charge in [0, 0.05) is 17.8 Å². The molecule has 1 nitrogen and oxygen atoms in total. The van der Waals surface area contributed by atoms with Crippen molar-refractivity contribution in [1.29, 1.82) is 0 Å². The van der Waals surface area contributed by atoms with E-state index in [2.05, 4.69) is 30.5 Å². The van der Waals surface area contributed by atoms with Crippen molar-refractivity contribution in [3.63, 3.8) is 0 Å². The summed E-state index contributed by atoms with van der Waals surface area (Å²) in [5.74, 6) is 1.36. The predicted molar refractivity (Wildman–Crippen MR) is 37.0 cm³/mol. The molecule has 0 spiro atoms. The van der Waals surface area contributed by atoms with Crippen LogP contribution >= 0.6 is 11.8 Å². The van der Waals surface area contributed by atoms with Crippen molar-refractivity contribution >= 4 is 11.8 Å². The molecule has 2 atom stereocenters. The van der Waals surface area contributed by atoms with Gasteiger partial charge >= 0.3 is 0 Å². The average Bonchev–Trinajstić information content (AvgIpc) is 2.22. The van der Waals surface area contributed by atoms with E-state index in [1.54, 1.807) is 0 Å². The second-order valence-electron chi connectivity index (χ2n) is 3.07. The standard InChI is InChI=1S/C6H11NS/c1-6(2)5-7(6)3-4-8-5/h5H,3-4H2,1-2H3. The number of rotatable bonds is 0. The first-order valence-electron chi connectivity index (χ1n) is 3.11. The summed E-state index contributed by atoms with van der Waals surface area (Å²) in [4.78, 5) is 2.55. The van der Waals surface area contributed by atoms with Gasteiger partial charge in [-0.3, -0.25) is 4.90 Å². The highest BCUT2D eigenvalue weighted by Crippen LogP contribution is 2.51. The second kappa shape index (κ2) is 1.24. The van der Waals surface area contributed by atoms with Crippen molar-refractivity contribution in [2.45, 2.75) is 24.8 Å². The second-order valence-corrected chi connectivity index (χ2v) is 4.26. The Morgan fingerprint density at radius 1 is 1.62 bits per heavy atom. The Morgan fingerprint density at radius 2 is 2.38 bits per heavy atom. The highest BCUT2D eigenvalue weighted by molar-refractivity contribution is 8.00. The fourth-order valence-electron chi connectivity index (χ4n) is 1.49. The molecule has 0 N–H and O–H groups in total. The summed E-state index contributed by atoms with van der Waals surface area (Å²) in [6.07, 6.45) is 0. The third kappa shape index (κ3) is 0.431. The fraction of sp³-hybridized carbons (Fsp3) is 1.00. The summed E-state index contributed by atoms with van der Waals surface area (Å²) in [6.45, 7) is 5.97. The van der Waals surface area contributed by atoms with Crippen LogP contribution in [0, 0.1) is 0 Å². The lowest BCUT2D eigenvalue weighted by Crippen LogP contribution is -2.12. The van der Waals surface area contributed by atoms with Gasteiger partial charge in [0.2, 0.25) is 0 Å². The zero-order valence-electron chi connectivity index (χ0n) is 5.35. The van der Waals surface area contributed by atoms with Gasteiger partial charge in [-0.1, -0.05) is 0 Å². The van der Waals surface area contributed by atoms with Crippen molar-refractivity contribution in [3.8, 4) is 0 Å². The Kier molecular flexibility index (Phi) is 0.795. The van der Waals surface area contributed by atoms with E-state index in [1.165, 1.54) is 12.3 Å². The first-order valence-corrected chi connectivity index (χ1v) is 4.16. The Bertz CT molecular complexity index is 110. The predicted octanol–water partition coefficient (Wildman–Crippen LogP) is 1.15. The minimum Gasteiger partial charge on any atom is -0.281 e. The Morgan fingerprint density at radius 3 is 2.62 bits per heavy atom. The third-order valence-corrected chi connectivity index (χ3v) is 3.73. The molecule has 2 aliphatic rings. The molecule has 0 amide bonds. The van der Waals surface area contributed by atoms with Crippen molar-refractivity contribution in [2.75, 3.05) is 12.3 Å². The highest BCUT2D eigenvalue weighted by Gasteiger charge is 2.58. The molecule has 2 heterocycles. The highest BCUT2D eigenvalue weighted by atomic mass is 32.2. The molecule has 0 aromatic heterocycles. The molecule has 2 saturated heterocycles. The number of fused-ring (bicyclic) bond motifs is 1. The number of hydrogen-bond donors (Lipinski definition) is 0. The summed E-state index contributed by atoms with van der Waals surface area (Å²) in [7, 11) is 0. The van der Waals surface area contributed by atoms with Gasteiger partial charge < -0.3 is 0 Å². The van der Waals surface area contributed by atoms with Crippen molar-refractivity contribution < 1.29 is 0 Å². The molecule has 8 heavy (non-hydrogen) atoms. The van der Waals surface area contributed by atoms with Crippen LogP contribution in [0.2, 0.25) is 0 Å². The normalized spacial score (nSPS) is 48.8. The van der Waals surface area contributed by atoms with E-state index < -0.39 is 0 Å². The number of thioether (sulfide) groups is 1. The van der Waals surface area contributed by atoms with Crippen molar-refractivity contribution in [1.82, 2.24) is 4.90 Å². The van der Waals surface area contributed by atoms with Gasteiger partial charge in [-0.25, -0.2) is 0 Å². The Balaban J connectivity index is 2.13. The minimum atomic E-state index is 0.558. The lowest BCUT2D eigenvalue weighted by atomic mass is 10.2. The van der Waals surface area contributed by atoms with E-state index in [0.29, 0.717) is 5.54 Å². The molecule has 0 aromatic rings. The first-order chi connectivity index (χ1) is 3.73. The van der Waals surface area contributed by atoms with E-state index in [4.69, 9.17) is 0 Å². The molecule has 0 bridgehead atoms. The Hall–Kier alpha value is 0.310. The van der Waals surface area contributed by atoms with Crippen LogP contribution in [-0.2, 0) is 0 Å². The van der Waals surface area contributed by atoms with Crippen LogP contribution in [0.3, 0.4) is 0 Å². The van der Waals surface area contributed by atoms with Crippen LogP contribution in [0.5, 0.6) is 0 Å². The van der Waals surface area contributed by atoms with E-state index in [1.807, 2.05) is 0 Å². The molecule has 0 radical (unpaired) electrons.